The fourth-order valence-corrected chi connectivity index (χ4v) is 3.94. The van der Waals surface area contributed by atoms with E-state index in [9.17, 15) is 9.59 Å². The Hall–Kier alpha value is -3.10. The number of rotatable bonds is 8. The van der Waals surface area contributed by atoms with E-state index in [-0.39, 0.29) is 23.9 Å². The van der Waals surface area contributed by atoms with Gasteiger partial charge >= 0.3 is 0 Å². The lowest BCUT2D eigenvalue weighted by atomic mass is 9.98. The van der Waals surface area contributed by atoms with Crippen molar-refractivity contribution in [3.63, 3.8) is 0 Å². The van der Waals surface area contributed by atoms with Crippen LogP contribution in [0.1, 0.15) is 59.4 Å². The maximum Gasteiger partial charge on any atom is 0.273 e. The Bertz CT molecular complexity index is 917. The van der Waals surface area contributed by atoms with Gasteiger partial charge in [0.25, 0.3) is 11.8 Å². The molecule has 2 amide bonds. The number of piperidine rings is 1. The van der Waals surface area contributed by atoms with Crippen LogP contribution in [-0.4, -0.2) is 64.6 Å². The molecule has 9 heteroatoms. The van der Waals surface area contributed by atoms with E-state index in [1.54, 1.807) is 43.3 Å². The average molecular weight is 428 g/mol. The lowest BCUT2D eigenvalue weighted by Crippen LogP contribution is -2.44. The van der Waals surface area contributed by atoms with Gasteiger partial charge in [0.1, 0.15) is 11.5 Å². The minimum atomic E-state index is -0.171. The third kappa shape index (κ3) is 5.15. The van der Waals surface area contributed by atoms with Gasteiger partial charge in [-0.3, -0.25) is 14.3 Å². The molecule has 2 aromatic rings. The van der Waals surface area contributed by atoms with Crippen molar-refractivity contribution in [3.05, 3.63) is 35.7 Å². The van der Waals surface area contributed by atoms with Crippen LogP contribution in [0.15, 0.2) is 24.4 Å². The number of hydrogen-bond donors (Lipinski definition) is 1. The summed E-state index contributed by atoms with van der Waals surface area (Å²) >= 11 is 0. The molecule has 1 aliphatic heterocycles. The van der Waals surface area contributed by atoms with E-state index < -0.39 is 0 Å². The molecule has 1 aromatic heterocycles. The molecule has 1 atom stereocenters. The van der Waals surface area contributed by atoms with Crippen LogP contribution in [0.5, 0.6) is 11.5 Å². The van der Waals surface area contributed by atoms with E-state index in [1.807, 2.05) is 4.90 Å². The maximum absolute atomic E-state index is 13.3. The van der Waals surface area contributed by atoms with Crippen molar-refractivity contribution in [3.8, 4) is 11.5 Å². The van der Waals surface area contributed by atoms with Gasteiger partial charge in [-0.1, -0.05) is 5.21 Å². The lowest BCUT2D eigenvalue weighted by molar-refractivity contribution is 0.0593. The van der Waals surface area contributed by atoms with E-state index in [0.717, 1.165) is 45.1 Å². The highest BCUT2D eigenvalue weighted by Crippen LogP contribution is 2.27. The second kappa shape index (κ2) is 9.36. The number of hydrogen-bond acceptors (Lipinski definition) is 6. The molecular weight excluding hydrogens is 398 g/mol. The molecule has 166 valence electrons. The molecular formula is C22H29N5O4. The smallest absolute Gasteiger partial charge is 0.273 e. The largest absolute Gasteiger partial charge is 0.497 e. The number of ether oxygens (including phenoxy) is 2. The zero-order chi connectivity index (χ0) is 21.8. The number of aryl methyl sites for hydroxylation is 1. The Morgan fingerprint density at radius 1 is 1.10 bits per heavy atom. The van der Waals surface area contributed by atoms with Gasteiger partial charge in [-0.2, -0.15) is 0 Å². The highest BCUT2D eigenvalue weighted by atomic mass is 16.5. The third-order valence-corrected chi connectivity index (χ3v) is 5.86. The Labute approximate surface area is 181 Å². The highest BCUT2D eigenvalue weighted by Gasteiger charge is 2.28. The summed E-state index contributed by atoms with van der Waals surface area (Å²) in [5.41, 5.74) is 0.898. The van der Waals surface area contributed by atoms with Crippen molar-refractivity contribution in [2.45, 2.75) is 57.2 Å². The molecule has 4 rings (SSSR count). The van der Waals surface area contributed by atoms with Crippen molar-refractivity contribution in [1.82, 2.24) is 25.2 Å². The number of aromatic nitrogens is 3. The Morgan fingerprint density at radius 3 is 2.52 bits per heavy atom. The molecule has 2 aliphatic rings. The average Bonchev–Trinajstić information content (AvgIpc) is 3.49. The normalized spacial score (nSPS) is 18.5. The second-order valence-electron chi connectivity index (χ2n) is 8.15. The van der Waals surface area contributed by atoms with Gasteiger partial charge in [0.15, 0.2) is 5.69 Å². The standard InChI is InChI=1S/C22H29N5O4/c1-30-18-11-15(12-19(13-18)31-2)22(29)27-9-4-3-5-17(27)8-10-26-14-20(24-25-26)21(28)23-16-6-7-16/h11-14,16-17H,3-10H2,1-2H3,(H,23,28)/t17-/m1/s1. The number of benzene rings is 1. The van der Waals surface area contributed by atoms with Crippen molar-refractivity contribution in [2.24, 2.45) is 0 Å². The van der Waals surface area contributed by atoms with Crippen LogP contribution in [0.25, 0.3) is 0 Å². The van der Waals surface area contributed by atoms with Crippen LogP contribution in [0, 0.1) is 0 Å². The van der Waals surface area contributed by atoms with Crippen molar-refractivity contribution in [1.29, 1.82) is 0 Å². The molecule has 1 saturated carbocycles. The summed E-state index contributed by atoms with van der Waals surface area (Å²) in [5.74, 6) is 0.993. The number of nitrogens with zero attached hydrogens (tertiary/aromatic N) is 4. The van der Waals surface area contributed by atoms with Crippen LogP contribution in [0.3, 0.4) is 0 Å². The predicted octanol–water partition coefficient (Wildman–Crippen LogP) is 2.27. The van der Waals surface area contributed by atoms with Crippen LogP contribution in [0.2, 0.25) is 0 Å². The first-order valence-electron chi connectivity index (χ1n) is 10.8. The zero-order valence-corrected chi connectivity index (χ0v) is 18.0. The van der Waals surface area contributed by atoms with E-state index in [4.69, 9.17) is 9.47 Å². The number of carbonyl (C=O) groups excluding carboxylic acids is 2. The summed E-state index contributed by atoms with van der Waals surface area (Å²) in [6, 6.07) is 5.64. The third-order valence-electron chi connectivity index (χ3n) is 5.86. The number of nitrogens with one attached hydrogen (secondary N) is 1. The summed E-state index contributed by atoms with van der Waals surface area (Å²) in [5, 5.41) is 11.0. The number of likely N-dealkylation sites (tertiary alicyclic amines) is 1. The summed E-state index contributed by atoms with van der Waals surface area (Å²) in [6.07, 6.45) is 7.51. The SMILES string of the molecule is COc1cc(OC)cc(C(=O)N2CCCC[C@@H]2CCn2cc(C(=O)NC3CC3)nn2)c1. The van der Waals surface area contributed by atoms with Gasteiger partial charge in [0.05, 0.1) is 20.4 Å². The van der Waals surface area contributed by atoms with E-state index in [2.05, 4.69) is 15.6 Å². The first-order chi connectivity index (χ1) is 15.1. The van der Waals surface area contributed by atoms with Crippen molar-refractivity contribution < 1.29 is 19.1 Å². The molecule has 0 spiro atoms. The quantitative estimate of drug-likeness (QED) is 0.694. The Balaban J connectivity index is 1.41. The topological polar surface area (TPSA) is 98.6 Å². The molecule has 9 nitrogen and oxygen atoms in total. The van der Waals surface area contributed by atoms with Gasteiger partial charge in [0.2, 0.25) is 0 Å². The Morgan fingerprint density at radius 2 is 1.84 bits per heavy atom. The minimum absolute atomic E-state index is 0.0232. The second-order valence-corrected chi connectivity index (χ2v) is 8.15. The molecule has 0 bridgehead atoms. The van der Waals surface area contributed by atoms with E-state index in [0.29, 0.717) is 29.3 Å². The van der Waals surface area contributed by atoms with Crippen LogP contribution in [0.4, 0.5) is 0 Å². The number of methoxy groups -OCH3 is 2. The van der Waals surface area contributed by atoms with Gasteiger partial charge in [-0.05, 0) is 50.7 Å². The van der Waals surface area contributed by atoms with Gasteiger partial charge < -0.3 is 19.7 Å². The first kappa shape index (κ1) is 21.1. The number of carbonyl (C=O) groups is 2. The van der Waals surface area contributed by atoms with E-state index >= 15 is 0 Å². The van der Waals surface area contributed by atoms with Crippen LogP contribution < -0.4 is 14.8 Å². The summed E-state index contributed by atoms with van der Waals surface area (Å²) in [6.45, 7) is 1.31. The Kier molecular flexibility index (Phi) is 6.39. The fraction of sp³-hybridized carbons (Fsp3) is 0.545. The predicted molar refractivity (Wildman–Crippen MR) is 113 cm³/mol. The molecule has 1 aromatic carbocycles. The zero-order valence-electron chi connectivity index (χ0n) is 18.0. The van der Waals surface area contributed by atoms with Crippen molar-refractivity contribution in [2.75, 3.05) is 20.8 Å². The highest BCUT2D eigenvalue weighted by molar-refractivity contribution is 5.95. The summed E-state index contributed by atoms with van der Waals surface area (Å²) in [4.78, 5) is 27.3. The molecule has 0 unspecified atom stereocenters. The van der Waals surface area contributed by atoms with Gasteiger partial charge in [-0.25, -0.2) is 0 Å². The van der Waals surface area contributed by atoms with Gasteiger partial charge in [0, 0.05) is 36.8 Å². The van der Waals surface area contributed by atoms with Crippen LogP contribution in [-0.2, 0) is 6.54 Å². The molecule has 0 radical (unpaired) electrons. The van der Waals surface area contributed by atoms with E-state index in [1.165, 1.54) is 0 Å². The minimum Gasteiger partial charge on any atom is -0.497 e. The molecule has 2 heterocycles. The molecule has 1 saturated heterocycles. The molecule has 31 heavy (non-hydrogen) atoms. The molecule has 1 N–H and O–H groups in total. The molecule has 2 fully saturated rings. The first-order valence-corrected chi connectivity index (χ1v) is 10.8. The van der Waals surface area contributed by atoms with Crippen LogP contribution >= 0.6 is 0 Å². The fourth-order valence-electron chi connectivity index (χ4n) is 3.94. The van der Waals surface area contributed by atoms with Crippen molar-refractivity contribution >= 4 is 11.8 Å². The number of amides is 2. The van der Waals surface area contributed by atoms with Gasteiger partial charge in [-0.15, -0.1) is 5.10 Å². The lowest BCUT2D eigenvalue weighted by Gasteiger charge is -2.36. The summed E-state index contributed by atoms with van der Waals surface area (Å²) in [7, 11) is 3.15. The maximum atomic E-state index is 13.3. The summed E-state index contributed by atoms with van der Waals surface area (Å²) < 4.78 is 12.3. The monoisotopic (exact) mass is 427 g/mol. The molecule has 1 aliphatic carbocycles.